The van der Waals surface area contributed by atoms with Gasteiger partial charge in [0, 0.05) is 6.07 Å². The standard InChI is InChI=1S/C13H16N2O4/c1-3-5-6-18-13-14-11(17)10-8(4-2)7-9(16)19-12(10)15-13/h7H,3-6H2,1-2H3,(H,14,15,17). The number of nitrogens with zero attached hydrogens (tertiary/aromatic N) is 1. The highest BCUT2D eigenvalue weighted by Crippen LogP contribution is 2.13. The zero-order chi connectivity index (χ0) is 13.8. The summed E-state index contributed by atoms with van der Waals surface area (Å²) >= 11 is 0. The molecule has 6 heteroatoms. The van der Waals surface area contributed by atoms with E-state index >= 15 is 0 Å². The minimum absolute atomic E-state index is 0.0274. The smallest absolute Gasteiger partial charge is 0.337 e. The van der Waals surface area contributed by atoms with Gasteiger partial charge in [0.05, 0.1) is 6.61 Å². The summed E-state index contributed by atoms with van der Waals surface area (Å²) in [5.41, 5.74) is -0.209. The molecule has 0 amide bonds. The molecule has 1 N–H and O–H groups in total. The quantitative estimate of drug-likeness (QED) is 0.829. The van der Waals surface area contributed by atoms with Crippen LogP contribution in [0, 0.1) is 0 Å². The van der Waals surface area contributed by atoms with E-state index in [1.807, 2.05) is 13.8 Å². The average molecular weight is 264 g/mol. The van der Waals surface area contributed by atoms with Crippen LogP contribution in [0.25, 0.3) is 11.1 Å². The zero-order valence-corrected chi connectivity index (χ0v) is 11.0. The van der Waals surface area contributed by atoms with E-state index in [4.69, 9.17) is 9.15 Å². The van der Waals surface area contributed by atoms with Gasteiger partial charge in [-0.2, -0.15) is 4.98 Å². The maximum absolute atomic E-state index is 12.0. The number of unbranched alkanes of at least 4 members (excludes halogenated alkanes) is 1. The van der Waals surface area contributed by atoms with Gasteiger partial charge in [0.2, 0.25) is 5.71 Å². The third-order valence-corrected chi connectivity index (χ3v) is 2.79. The third-order valence-electron chi connectivity index (χ3n) is 2.79. The molecule has 2 heterocycles. The van der Waals surface area contributed by atoms with Gasteiger partial charge in [0.15, 0.2) is 0 Å². The van der Waals surface area contributed by atoms with Crippen LogP contribution in [0.15, 0.2) is 20.1 Å². The van der Waals surface area contributed by atoms with E-state index in [0.717, 1.165) is 12.8 Å². The highest BCUT2D eigenvalue weighted by Gasteiger charge is 2.12. The lowest BCUT2D eigenvalue weighted by Gasteiger charge is -2.05. The van der Waals surface area contributed by atoms with Crippen LogP contribution in [0.1, 0.15) is 32.3 Å². The topological polar surface area (TPSA) is 85.2 Å². The number of aromatic amines is 1. The van der Waals surface area contributed by atoms with Crippen molar-refractivity contribution in [1.82, 2.24) is 9.97 Å². The van der Waals surface area contributed by atoms with Crippen LogP contribution >= 0.6 is 0 Å². The van der Waals surface area contributed by atoms with Gasteiger partial charge in [-0.25, -0.2) is 4.79 Å². The Bertz CT molecular complexity index is 687. The summed E-state index contributed by atoms with van der Waals surface area (Å²) < 4.78 is 10.3. The van der Waals surface area contributed by atoms with E-state index in [1.54, 1.807) is 0 Å². The number of aryl methyl sites for hydroxylation is 1. The summed E-state index contributed by atoms with van der Waals surface area (Å²) in [6, 6.07) is 1.40. The molecule has 0 aromatic carbocycles. The summed E-state index contributed by atoms with van der Waals surface area (Å²) in [5, 5.41) is 0.310. The van der Waals surface area contributed by atoms with Crippen LogP contribution in [-0.2, 0) is 6.42 Å². The second-order valence-electron chi connectivity index (χ2n) is 4.20. The maximum atomic E-state index is 12.0. The van der Waals surface area contributed by atoms with E-state index in [1.165, 1.54) is 6.07 Å². The summed E-state index contributed by atoms with van der Waals surface area (Å²) in [7, 11) is 0. The lowest BCUT2D eigenvalue weighted by molar-refractivity contribution is 0.284. The minimum Gasteiger partial charge on any atom is -0.465 e. The molecule has 102 valence electrons. The van der Waals surface area contributed by atoms with Crippen molar-refractivity contribution in [1.29, 1.82) is 0 Å². The first kappa shape index (κ1) is 13.3. The predicted octanol–water partition coefficient (Wildman–Crippen LogP) is 1.62. The predicted molar refractivity (Wildman–Crippen MR) is 70.7 cm³/mol. The molecule has 2 rings (SSSR count). The van der Waals surface area contributed by atoms with Crippen molar-refractivity contribution >= 4 is 11.1 Å². The van der Waals surface area contributed by atoms with Gasteiger partial charge < -0.3 is 9.15 Å². The summed E-state index contributed by atoms with van der Waals surface area (Å²) in [5.74, 6) is 0. The molecule has 0 aliphatic rings. The second-order valence-corrected chi connectivity index (χ2v) is 4.20. The Labute approximate surface area is 109 Å². The van der Waals surface area contributed by atoms with Gasteiger partial charge in [0.25, 0.3) is 11.6 Å². The number of rotatable bonds is 5. The van der Waals surface area contributed by atoms with E-state index in [9.17, 15) is 9.59 Å². The monoisotopic (exact) mass is 264 g/mol. The molecule has 6 nitrogen and oxygen atoms in total. The van der Waals surface area contributed by atoms with Gasteiger partial charge in [-0.1, -0.05) is 20.3 Å². The molecule has 2 aromatic heterocycles. The molecule has 0 unspecified atom stereocenters. The number of ether oxygens (including phenoxy) is 1. The number of nitrogens with one attached hydrogen (secondary N) is 1. The Hall–Kier alpha value is -2.11. The Kier molecular flexibility index (Phi) is 3.99. The molecule has 0 atom stereocenters. The van der Waals surface area contributed by atoms with Gasteiger partial charge >= 0.3 is 5.63 Å². The van der Waals surface area contributed by atoms with Crippen molar-refractivity contribution in [3.8, 4) is 6.01 Å². The lowest BCUT2D eigenvalue weighted by atomic mass is 10.1. The fourth-order valence-corrected chi connectivity index (χ4v) is 1.79. The van der Waals surface area contributed by atoms with Crippen molar-refractivity contribution in [3.05, 3.63) is 32.4 Å². The van der Waals surface area contributed by atoms with Gasteiger partial charge in [0.1, 0.15) is 5.39 Å². The van der Waals surface area contributed by atoms with E-state index in [0.29, 0.717) is 24.0 Å². The van der Waals surface area contributed by atoms with Crippen molar-refractivity contribution in [3.63, 3.8) is 0 Å². The number of fused-ring (bicyclic) bond motifs is 1. The normalized spacial score (nSPS) is 10.8. The van der Waals surface area contributed by atoms with Gasteiger partial charge in [-0.05, 0) is 18.4 Å². The molecule has 0 bridgehead atoms. The van der Waals surface area contributed by atoms with Crippen LogP contribution in [0.3, 0.4) is 0 Å². The van der Waals surface area contributed by atoms with Crippen LogP contribution in [0.4, 0.5) is 0 Å². The Morgan fingerprint density at radius 3 is 2.84 bits per heavy atom. The molecule has 0 radical (unpaired) electrons. The summed E-state index contributed by atoms with van der Waals surface area (Å²) in [4.78, 5) is 30.0. The molecule has 0 saturated carbocycles. The largest absolute Gasteiger partial charge is 0.465 e. The van der Waals surface area contributed by atoms with Crippen molar-refractivity contribution in [2.24, 2.45) is 0 Å². The molecule has 0 aliphatic carbocycles. The first-order chi connectivity index (χ1) is 9.15. The second kappa shape index (κ2) is 5.69. The first-order valence-corrected chi connectivity index (χ1v) is 6.35. The minimum atomic E-state index is -0.512. The third kappa shape index (κ3) is 2.83. The molecule has 2 aromatic rings. The van der Waals surface area contributed by atoms with Crippen LogP contribution in [0.2, 0.25) is 0 Å². The van der Waals surface area contributed by atoms with E-state index < -0.39 is 5.63 Å². The molecule has 0 fully saturated rings. The Morgan fingerprint density at radius 2 is 2.16 bits per heavy atom. The highest BCUT2D eigenvalue weighted by molar-refractivity contribution is 5.75. The SMILES string of the molecule is CCCCOc1nc2oc(=O)cc(CC)c2c(=O)[nH]1. The fourth-order valence-electron chi connectivity index (χ4n) is 1.79. The molecule has 0 saturated heterocycles. The number of aromatic nitrogens is 2. The first-order valence-electron chi connectivity index (χ1n) is 6.35. The molecule has 0 spiro atoms. The van der Waals surface area contributed by atoms with E-state index in [2.05, 4.69) is 9.97 Å². The van der Waals surface area contributed by atoms with Crippen LogP contribution in [-0.4, -0.2) is 16.6 Å². The Balaban J connectivity index is 2.51. The maximum Gasteiger partial charge on any atom is 0.337 e. The molecule has 0 aliphatic heterocycles. The van der Waals surface area contributed by atoms with Crippen LogP contribution < -0.4 is 15.9 Å². The molecular formula is C13H16N2O4. The van der Waals surface area contributed by atoms with Crippen molar-refractivity contribution in [2.75, 3.05) is 6.61 Å². The summed E-state index contributed by atoms with van der Waals surface area (Å²) in [6.45, 7) is 4.36. The molecule has 19 heavy (non-hydrogen) atoms. The van der Waals surface area contributed by atoms with Crippen molar-refractivity contribution in [2.45, 2.75) is 33.1 Å². The Morgan fingerprint density at radius 1 is 1.37 bits per heavy atom. The fraction of sp³-hybridized carbons (Fsp3) is 0.462. The van der Waals surface area contributed by atoms with Gasteiger partial charge in [-0.15, -0.1) is 0 Å². The number of hydrogen-bond donors (Lipinski definition) is 1. The van der Waals surface area contributed by atoms with Crippen molar-refractivity contribution < 1.29 is 9.15 Å². The average Bonchev–Trinajstić information content (AvgIpc) is 2.37. The number of hydrogen-bond acceptors (Lipinski definition) is 5. The lowest BCUT2D eigenvalue weighted by Crippen LogP contribution is -2.15. The molecular weight excluding hydrogens is 248 g/mol. The zero-order valence-electron chi connectivity index (χ0n) is 11.0. The summed E-state index contributed by atoms with van der Waals surface area (Å²) in [6.07, 6.45) is 2.40. The van der Waals surface area contributed by atoms with Gasteiger partial charge in [-0.3, -0.25) is 9.78 Å². The van der Waals surface area contributed by atoms with E-state index in [-0.39, 0.29) is 17.3 Å². The highest BCUT2D eigenvalue weighted by atomic mass is 16.5. The number of H-pyrrole nitrogens is 1. The van der Waals surface area contributed by atoms with Crippen LogP contribution in [0.5, 0.6) is 6.01 Å².